The highest BCUT2D eigenvalue weighted by molar-refractivity contribution is 6.12. The highest BCUT2D eigenvalue weighted by Gasteiger charge is 2.22. The second-order valence-corrected chi connectivity index (χ2v) is 9.00. The summed E-state index contributed by atoms with van der Waals surface area (Å²) < 4.78 is 47.4. The molecule has 8 rings (SSSR count). The lowest BCUT2D eigenvalue weighted by Crippen LogP contribution is -1.98. The zero-order chi connectivity index (χ0) is 27.1. The van der Waals surface area contributed by atoms with Gasteiger partial charge in [-0.1, -0.05) is 90.9 Å². The highest BCUT2D eigenvalue weighted by Crippen LogP contribution is 2.49. The molecule has 0 atom stereocenters. The predicted molar refractivity (Wildman–Crippen MR) is 148 cm³/mol. The summed E-state index contributed by atoms with van der Waals surface area (Å²) in [5, 5.41) is 3.64. The summed E-state index contributed by atoms with van der Waals surface area (Å²) >= 11 is 0. The van der Waals surface area contributed by atoms with E-state index in [0.717, 1.165) is 60.9 Å². The summed E-state index contributed by atoms with van der Waals surface area (Å²) in [6.45, 7) is 0. The molecule has 2 nitrogen and oxygen atoms in total. The number of hydrogen-bond donors (Lipinski definition) is 0. The first-order chi connectivity index (χ1) is 19.5. The smallest absolute Gasteiger partial charge is 0.135 e. The number of fused-ring (bicyclic) bond motifs is 5. The van der Waals surface area contributed by atoms with Crippen LogP contribution in [0.25, 0.3) is 66.1 Å². The molecule has 2 heteroatoms. The SMILES string of the molecule is [2H]c1c([2H])c([2H])c(-c2ccc3c4c(cccc24)-c2ccccc2O3)c(-c2ccc3oc4ccccc4c3c2)c1[2H]. The lowest BCUT2D eigenvalue weighted by molar-refractivity contribution is 0.487. The third kappa shape index (κ3) is 2.73. The van der Waals surface area contributed by atoms with E-state index < -0.39 is 0 Å². The fourth-order valence-corrected chi connectivity index (χ4v) is 5.41. The van der Waals surface area contributed by atoms with Crippen LogP contribution in [0, 0.1) is 0 Å². The van der Waals surface area contributed by atoms with Gasteiger partial charge in [-0.15, -0.1) is 0 Å². The number of rotatable bonds is 2. The van der Waals surface area contributed by atoms with Gasteiger partial charge in [-0.25, -0.2) is 0 Å². The molecule has 0 unspecified atom stereocenters. The first kappa shape index (κ1) is 16.0. The molecule has 168 valence electrons. The van der Waals surface area contributed by atoms with Gasteiger partial charge < -0.3 is 9.15 Å². The molecule has 0 fully saturated rings. The Morgan fingerprint density at radius 1 is 0.500 bits per heavy atom. The lowest BCUT2D eigenvalue weighted by atomic mass is 9.87. The van der Waals surface area contributed by atoms with Crippen LogP contribution in [-0.4, -0.2) is 0 Å². The molecule has 7 aromatic rings. The maximum absolute atomic E-state index is 9.04. The van der Waals surface area contributed by atoms with Crippen LogP contribution in [0.5, 0.6) is 11.5 Å². The molecule has 0 N–H and O–H groups in total. The third-order valence-corrected chi connectivity index (χ3v) is 7.02. The number of para-hydroxylation sites is 2. The molecule has 0 amide bonds. The maximum atomic E-state index is 9.04. The summed E-state index contributed by atoms with van der Waals surface area (Å²) in [7, 11) is 0. The zero-order valence-electron chi connectivity index (χ0n) is 23.1. The van der Waals surface area contributed by atoms with Crippen LogP contribution in [0.1, 0.15) is 5.48 Å². The molecule has 36 heavy (non-hydrogen) atoms. The zero-order valence-corrected chi connectivity index (χ0v) is 19.1. The van der Waals surface area contributed by atoms with Crippen LogP contribution in [0.2, 0.25) is 0 Å². The number of furan rings is 1. The van der Waals surface area contributed by atoms with Gasteiger partial charge in [0.05, 0.1) is 5.48 Å². The number of hydrogen-bond acceptors (Lipinski definition) is 2. The third-order valence-electron chi connectivity index (χ3n) is 7.02. The molecule has 0 radical (unpaired) electrons. The minimum absolute atomic E-state index is 0.0778. The normalized spacial score (nSPS) is 13.7. The lowest BCUT2D eigenvalue weighted by Gasteiger charge is -2.23. The van der Waals surface area contributed by atoms with Crippen LogP contribution in [-0.2, 0) is 0 Å². The second-order valence-electron chi connectivity index (χ2n) is 9.00. The van der Waals surface area contributed by atoms with E-state index in [1.165, 1.54) is 0 Å². The van der Waals surface area contributed by atoms with Crippen LogP contribution in [0.3, 0.4) is 0 Å². The second kappa shape index (κ2) is 7.34. The van der Waals surface area contributed by atoms with Gasteiger partial charge in [-0.05, 0) is 63.5 Å². The van der Waals surface area contributed by atoms with E-state index in [2.05, 4.69) is 6.07 Å². The minimum Gasteiger partial charge on any atom is -0.456 e. The van der Waals surface area contributed by atoms with Gasteiger partial charge in [0.15, 0.2) is 0 Å². The monoisotopic (exact) mass is 464 g/mol. The van der Waals surface area contributed by atoms with Crippen molar-refractivity contribution in [3.05, 3.63) is 121 Å². The van der Waals surface area contributed by atoms with Gasteiger partial charge in [0, 0.05) is 21.7 Å². The van der Waals surface area contributed by atoms with Crippen molar-refractivity contribution in [3.63, 3.8) is 0 Å². The van der Waals surface area contributed by atoms with Crippen LogP contribution >= 0.6 is 0 Å². The molecule has 1 aromatic heterocycles. The molecule has 0 saturated carbocycles. The summed E-state index contributed by atoms with van der Waals surface area (Å²) in [4.78, 5) is 0. The predicted octanol–water partition coefficient (Wildman–Crippen LogP) is 9.85. The van der Waals surface area contributed by atoms with Gasteiger partial charge in [-0.3, -0.25) is 0 Å². The van der Waals surface area contributed by atoms with E-state index in [1.807, 2.05) is 91.0 Å². The first-order valence-corrected chi connectivity index (χ1v) is 11.9. The minimum atomic E-state index is -0.263. The van der Waals surface area contributed by atoms with Crippen molar-refractivity contribution < 1.29 is 14.6 Å². The molecule has 0 saturated heterocycles. The largest absolute Gasteiger partial charge is 0.456 e. The standard InChI is InChI=1S/C34H20O2/c1-2-9-23(22(8-1)21-16-18-32-29(20-21)26-11-4-6-15-31(26)35-32)24-17-19-33-34-27(24)12-7-13-28(34)25-10-3-5-14-30(25)36-33/h1-20H/i1D,2D,8D,9D. The molecule has 1 aliphatic heterocycles. The summed E-state index contributed by atoms with van der Waals surface area (Å²) in [6, 6.07) is 30.6. The van der Waals surface area contributed by atoms with Crippen LogP contribution in [0.15, 0.2) is 126 Å². The summed E-state index contributed by atoms with van der Waals surface area (Å²) in [5.74, 6) is 1.51. The summed E-state index contributed by atoms with van der Waals surface area (Å²) in [5.41, 5.74) is 5.86. The number of benzene rings is 6. The van der Waals surface area contributed by atoms with E-state index in [9.17, 15) is 0 Å². The van der Waals surface area contributed by atoms with Gasteiger partial charge in [0.25, 0.3) is 0 Å². The average molecular weight is 465 g/mol. The fraction of sp³-hybridized carbons (Fsp3) is 0. The molecule has 2 heterocycles. The van der Waals surface area contributed by atoms with Crippen molar-refractivity contribution in [2.24, 2.45) is 0 Å². The van der Waals surface area contributed by atoms with Crippen molar-refractivity contribution in [3.8, 4) is 44.9 Å². The van der Waals surface area contributed by atoms with Crippen molar-refractivity contribution in [1.82, 2.24) is 0 Å². The Kier molecular flexibility index (Phi) is 3.25. The number of ether oxygens (including phenoxy) is 1. The van der Waals surface area contributed by atoms with Crippen molar-refractivity contribution in [2.75, 3.05) is 0 Å². The average Bonchev–Trinajstić information content (AvgIpc) is 3.36. The van der Waals surface area contributed by atoms with Crippen LogP contribution in [0.4, 0.5) is 0 Å². The fourth-order valence-electron chi connectivity index (χ4n) is 5.41. The Balaban J connectivity index is 1.46. The highest BCUT2D eigenvalue weighted by atomic mass is 16.5. The van der Waals surface area contributed by atoms with Crippen molar-refractivity contribution in [2.45, 2.75) is 0 Å². The topological polar surface area (TPSA) is 22.4 Å². The van der Waals surface area contributed by atoms with E-state index in [0.29, 0.717) is 16.7 Å². The molecule has 0 bridgehead atoms. The van der Waals surface area contributed by atoms with Gasteiger partial charge in [0.1, 0.15) is 22.7 Å². The molecular weight excluding hydrogens is 440 g/mol. The first-order valence-electron chi connectivity index (χ1n) is 13.9. The maximum Gasteiger partial charge on any atom is 0.135 e. The Morgan fingerprint density at radius 3 is 2.25 bits per heavy atom. The molecular formula is C34H20O2. The van der Waals surface area contributed by atoms with E-state index in [4.69, 9.17) is 14.6 Å². The Labute approximate surface area is 213 Å². The van der Waals surface area contributed by atoms with Gasteiger partial charge >= 0.3 is 0 Å². The summed E-state index contributed by atoms with van der Waals surface area (Å²) in [6.07, 6.45) is 0. The Hall–Kier alpha value is -4.82. The quantitative estimate of drug-likeness (QED) is 0.254. The van der Waals surface area contributed by atoms with E-state index >= 15 is 0 Å². The van der Waals surface area contributed by atoms with Crippen molar-refractivity contribution >= 4 is 32.7 Å². The molecule has 1 aliphatic rings. The van der Waals surface area contributed by atoms with Gasteiger partial charge in [0.2, 0.25) is 0 Å². The Bertz CT molecular complexity index is 2200. The van der Waals surface area contributed by atoms with Crippen molar-refractivity contribution in [1.29, 1.82) is 0 Å². The molecule has 6 aromatic carbocycles. The molecule has 0 spiro atoms. The van der Waals surface area contributed by atoms with Crippen LogP contribution < -0.4 is 4.74 Å². The van der Waals surface area contributed by atoms with E-state index in [1.54, 1.807) is 0 Å². The van der Waals surface area contributed by atoms with E-state index in [-0.39, 0.29) is 24.2 Å². The molecule has 0 aliphatic carbocycles. The van der Waals surface area contributed by atoms with Gasteiger partial charge in [-0.2, -0.15) is 0 Å². The Morgan fingerprint density at radius 2 is 1.28 bits per heavy atom.